The minimum Gasteiger partial charge on any atom is -0.462 e. The van der Waals surface area contributed by atoms with Gasteiger partial charge in [0.05, 0.1) is 6.61 Å². The minimum atomic E-state index is -0.762. The van der Waals surface area contributed by atoms with Crippen molar-refractivity contribution in [2.75, 3.05) is 13.2 Å². The Hall–Kier alpha value is -1.10. The van der Waals surface area contributed by atoms with Gasteiger partial charge in [0.1, 0.15) is 6.61 Å². The number of aliphatic hydroxyl groups excluding tert-OH is 1. The smallest absolute Gasteiger partial charge is 0.306 e. The van der Waals surface area contributed by atoms with Crippen LogP contribution in [0.25, 0.3) is 0 Å². The molecule has 0 aliphatic heterocycles. The highest BCUT2D eigenvalue weighted by Gasteiger charge is 2.16. The summed E-state index contributed by atoms with van der Waals surface area (Å²) >= 11 is 0. The highest BCUT2D eigenvalue weighted by molar-refractivity contribution is 5.70. The molecule has 298 valence electrons. The van der Waals surface area contributed by atoms with Crippen molar-refractivity contribution in [2.45, 2.75) is 264 Å². The largest absolute Gasteiger partial charge is 0.462 e. The molecule has 1 N–H and O–H groups in total. The van der Waals surface area contributed by atoms with Crippen LogP contribution in [0.2, 0.25) is 0 Å². The monoisotopic (exact) mass is 709 g/mol. The molecule has 0 aromatic carbocycles. The van der Waals surface area contributed by atoms with Crippen molar-refractivity contribution in [3.8, 4) is 0 Å². The molecule has 0 aromatic heterocycles. The lowest BCUT2D eigenvalue weighted by atomic mass is 10.0. The number of ether oxygens (including phenoxy) is 2. The second-order valence-corrected chi connectivity index (χ2v) is 15.5. The number of esters is 2. The third-order valence-electron chi connectivity index (χ3n) is 10.4. The van der Waals surface area contributed by atoms with Crippen molar-refractivity contribution >= 4 is 11.9 Å². The number of hydrogen-bond acceptors (Lipinski definition) is 5. The van der Waals surface area contributed by atoms with Crippen LogP contribution in [0.3, 0.4) is 0 Å². The normalized spacial score (nSPS) is 12.0. The summed E-state index contributed by atoms with van der Waals surface area (Å²) in [5, 5.41) is 9.59. The molecule has 0 spiro atoms. The molecule has 5 heteroatoms. The van der Waals surface area contributed by atoms with Crippen LogP contribution < -0.4 is 0 Å². The quantitative estimate of drug-likeness (QED) is 0.0505. The average Bonchev–Trinajstić information content (AvgIpc) is 3.12. The first-order valence-electron chi connectivity index (χ1n) is 22.6. The first-order chi connectivity index (χ1) is 24.6. The summed E-state index contributed by atoms with van der Waals surface area (Å²) in [6, 6.07) is 0. The van der Waals surface area contributed by atoms with Crippen LogP contribution >= 0.6 is 0 Å². The minimum absolute atomic E-state index is 0.0563. The van der Waals surface area contributed by atoms with E-state index in [1.54, 1.807) is 0 Å². The first kappa shape index (κ1) is 48.9. The molecule has 1 atom stereocenters. The van der Waals surface area contributed by atoms with E-state index in [0.29, 0.717) is 12.8 Å². The number of carbonyl (C=O) groups excluding carboxylic acids is 2. The Bertz CT molecular complexity index is 680. The number of aliphatic hydroxyl groups is 1. The van der Waals surface area contributed by atoms with Crippen LogP contribution in [0.4, 0.5) is 0 Å². The molecule has 0 bridgehead atoms. The van der Waals surface area contributed by atoms with Crippen molar-refractivity contribution in [3.05, 3.63) is 0 Å². The number of carbonyl (C=O) groups is 2. The van der Waals surface area contributed by atoms with E-state index in [1.807, 2.05) is 0 Å². The molecule has 0 saturated heterocycles. The van der Waals surface area contributed by atoms with Gasteiger partial charge in [-0.05, 0) is 12.8 Å². The van der Waals surface area contributed by atoms with Gasteiger partial charge in [0.15, 0.2) is 6.10 Å². The molecule has 0 saturated carbocycles. The van der Waals surface area contributed by atoms with Crippen LogP contribution in [-0.2, 0) is 19.1 Å². The fourth-order valence-corrected chi connectivity index (χ4v) is 6.97. The van der Waals surface area contributed by atoms with Gasteiger partial charge >= 0.3 is 11.9 Å². The van der Waals surface area contributed by atoms with E-state index in [1.165, 1.54) is 199 Å². The Labute approximate surface area is 312 Å². The molecule has 5 nitrogen and oxygen atoms in total. The van der Waals surface area contributed by atoms with Crippen molar-refractivity contribution in [1.29, 1.82) is 0 Å². The summed E-state index contributed by atoms with van der Waals surface area (Å²) < 4.78 is 10.7. The molecule has 0 aliphatic carbocycles. The van der Waals surface area contributed by atoms with E-state index < -0.39 is 6.10 Å². The summed E-state index contributed by atoms with van der Waals surface area (Å²) in [6.45, 7) is 4.18. The summed E-state index contributed by atoms with van der Waals surface area (Å²) in [5.74, 6) is -0.570. The van der Waals surface area contributed by atoms with Crippen LogP contribution in [0.15, 0.2) is 0 Å². The zero-order valence-electron chi connectivity index (χ0n) is 33.9. The average molecular weight is 709 g/mol. The fourth-order valence-electron chi connectivity index (χ4n) is 6.97. The Morgan fingerprint density at radius 2 is 0.620 bits per heavy atom. The first-order valence-corrected chi connectivity index (χ1v) is 22.6. The van der Waals surface area contributed by atoms with E-state index in [4.69, 9.17) is 9.47 Å². The molecule has 0 fully saturated rings. The second-order valence-electron chi connectivity index (χ2n) is 15.5. The summed E-state index contributed by atoms with van der Waals surface area (Å²) in [6.07, 6.45) is 47.5. The Morgan fingerprint density at radius 1 is 0.380 bits per heavy atom. The zero-order chi connectivity index (χ0) is 36.4. The van der Waals surface area contributed by atoms with Crippen LogP contribution in [0, 0.1) is 0 Å². The van der Waals surface area contributed by atoms with Gasteiger partial charge in [0.2, 0.25) is 0 Å². The van der Waals surface area contributed by atoms with Gasteiger partial charge in [-0.25, -0.2) is 0 Å². The van der Waals surface area contributed by atoms with Crippen molar-refractivity contribution < 1.29 is 24.2 Å². The molecule has 0 aromatic rings. The Morgan fingerprint density at radius 3 is 0.880 bits per heavy atom. The lowest BCUT2D eigenvalue weighted by Crippen LogP contribution is -2.28. The maximum Gasteiger partial charge on any atom is 0.306 e. The van der Waals surface area contributed by atoms with Gasteiger partial charge in [-0.1, -0.05) is 232 Å². The highest BCUT2D eigenvalue weighted by Crippen LogP contribution is 2.17. The predicted octanol–water partition coefficient (Wildman–Crippen LogP) is 14.3. The zero-order valence-corrected chi connectivity index (χ0v) is 33.9. The highest BCUT2D eigenvalue weighted by atomic mass is 16.6. The lowest BCUT2D eigenvalue weighted by molar-refractivity contribution is -0.161. The maximum atomic E-state index is 12.2. The Balaban J connectivity index is 3.45. The van der Waals surface area contributed by atoms with Crippen LogP contribution in [0.1, 0.15) is 258 Å². The molecular weight excluding hydrogens is 620 g/mol. The van der Waals surface area contributed by atoms with Gasteiger partial charge in [-0.15, -0.1) is 0 Å². The molecule has 1 unspecified atom stereocenters. The lowest BCUT2D eigenvalue weighted by Gasteiger charge is -2.15. The fraction of sp³-hybridized carbons (Fsp3) is 0.956. The standard InChI is InChI=1S/C45H88O5/c1-3-5-7-9-11-13-15-17-19-21-22-24-26-28-30-32-34-36-38-40-45(48)50-43(41-46)42-49-44(47)39-37-35-33-31-29-27-25-23-20-18-16-14-12-10-8-6-4-2/h43,46H,3-42H2,1-2H3. The summed E-state index contributed by atoms with van der Waals surface area (Å²) in [4.78, 5) is 24.3. The van der Waals surface area contributed by atoms with Crippen molar-refractivity contribution in [2.24, 2.45) is 0 Å². The number of rotatable bonds is 42. The Kier molecular flexibility index (Phi) is 41.4. The van der Waals surface area contributed by atoms with Gasteiger partial charge in [-0.2, -0.15) is 0 Å². The molecule has 0 rings (SSSR count). The second kappa shape index (κ2) is 42.3. The SMILES string of the molecule is CCCCCCCCCCCCCCCCCCCCCC(=O)OC(CO)COC(=O)CCCCCCCCCCCCCCCCCCC. The molecule has 0 heterocycles. The molecular formula is C45H88O5. The number of hydrogen-bond donors (Lipinski definition) is 1. The molecule has 0 aliphatic rings. The van der Waals surface area contributed by atoms with E-state index in [2.05, 4.69) is 13.8 Å². The van der Waals surface area contributed by atoms with E-state index in [-0.39, 0.29) is 25.2 Å². The van der Waals surface area contributed by atoms with Gasteiger partial charge in [0.25, 0.3) is 0 Å². The molecule has 0 radical (unpaired) electrons. The third-order valence-corrected chi connectivity index (χ3v) is 10.4. The van der Waals surface area contributed by atoms with Gasteiger partial charge < -0.3 is 14.6 Å². The maximum absolute atomic E-state index is 12.2. The van der Waals surface area contributed by atoms with Crippen molar-refractivity contribution in [1.82, 2.24) is 0 Å². The third kappa shape index (κ3) is 39.7. The van der Waals surface area contributed by atoms with E-state index in [9.17, 15) is 14.7 Å². The van der Waals surface area contributed by atoms with Crippen molar-refractivity contribution in [3.63, 3.8) is 0 Å². The van der Waals surface area contributed by atoms with E-state index >= 15 is 0 Å². The predicted molar refractivity (Wildman–Crippen MR) is 215 cm³/mol. The summed E-state index contributed by atoms with van der Waals surface area (Å²) in [7, 11) is 0. The molecule has 50 heavy (non-hydrogen) atoms. The van der Waals surface area contributed by atoms with E-state index in [0.717, 1.165) is 32.1 Å². The van der Waals surface area contributed by atoms with Gasteiger partial charge in [-0.3, -0.25) is 9.59 Å². The van der Waals surface area contributed by atoms with Crippen LogP contribution in [0.5, 0.6) is 0 Å². The molecule has 0 amide bonds. The number of unbranched alkanes of at least 4 members (excludes halogenated alkanes) is 34. The summed E-state index contributed by atoms with van der Waals surface area (Å²) in [5.41, 5.74) is 0. The topological polar surface area (TPSA) is 72.8 Å². The van der Waals surface area contributed by atoms with Gasteiger partial charge in [0, 0.05) is 12.8 Å². The van der Waals surface area contributed by atoms with Crippen LogP contribution in [-0.4, -0.2) is 36.4 Å².